The molecule has 0 saturated heterocycles. The predicted molar refractivity (Wildman–Crippen MR) is 25.5 cm³/mol. The van der Waals surface area contributed by atoms with Gasteiger partial charge in [0.1, 0.15) is 16.3 Å². The lowest BCUT2D eigenvalue weighted by Gasteiger charge is -1.79. The molecule has 0 unspecified atom stereocenters. The first kappa shape index (κ1) is 3.71. The summed E-state index contributed by atoms with van der Waals surface area (Å²) in [4.78, 5) is 0. The molecule has 0 saturated carbocycles. The van der Waals surface area contributed by atoms with Gasteiger partial charge in [-0.3, -0.25) is 0 Å². The van der Waals surface area contributed by atoms with Gasteiger partial charge >= 0.3 is 0 Å². The van der Waals surface area contributed by atoms with Crippen LogP contribution in [0, 0.1) is 0 Å². The van der Waals surface area contributed by atoms with Crippen LogP contribution >= 0.6 is 0 Å². The van der Waals surface area contributed by atoms with Gasteiger partial charge in [-0.15, -0.1) is 5.28 Å². The highest BCUT2D eigenvalue weighted by Gasteiger charge is 1.67. The topological polar surface area (TPSA) is 0 Å². The molecule has 0 atom stereocenters. The molecule has 0 fully saturated rings. The molecular weight excluding hydrogens is 75.0 g/mol. The van der Waals surface area contributed by atoms with E-state index in [4.69, 9.17) is 1.37 Å². The van der Waals surface area contributed by atoms with Gasteiger partial charge in [0, 0.05) is 1.37 Å². The van der Waals surface area contributed by atoms with Crippen LogP contribution in [0.3, 0.4) is 0 Å². The van der Waals surface area contributed by atoms with Crippen molar-refractivity contribution >= 4 is 16.3 Å². The molecule has 0 N–H and O–H groups in total. The SMILES string of the molecule is [3H]CCC[CH2][Al]. The summed E-state index contributed by atoms with van der Waals surface area (Å²) in [5, 5.41) is 1.15. The van der Waals surface area contributed by atoms with E-state index in [9.17, 15) is 0 Å². The molecule has 0 aromatic rings. The summed E-state index contributed by atoms with van der Waals surface area (Å²) in [6, 6.07) is 0. The van der Waals surface area contributed by atoms with Crippen molar-refractivity contribution in [2.24, 2.45) is 0 Å². The van der Waals surface area contributed by atoms with Gasteiger partial charge in [0.05, 0.1) is 0 Å². The molecule has 0 spiro atoms. The van der Waals surface area contributed by atoms with Crippen molar-refractivity contribution in [3.63, 3.8) is 0 Å². The summed E-state index contributed by atoms with van der Waals surface area (Å²) in [5.74, 6) is 0. The van der Waals surface area contributed by atoms with Crippen LogP contribution in [-0.4, -0.2) is 16.3 Å². The lowest BCUT2D eigenvalue weighted by atomic mass is 10.4. The van der Waals surface area contributed by atoms with Crippen LogP contribution < -0.4 is 0 Å². The zero-order valence-electron chi connectivity index (χ0n) is 4.41. The highest BCUT2D eigenvalue weighted by molar-refractivity contribution is 6.08. The fourth-order valence-corrected chi connectivity index (χ4v) is 0.433. The molecule has 1 heteroatoms. The Morgan fingerprint density at radius 3 is 3.00 bits per heavy atom. The molecule has 0 aromatic carbocycles. The minimum absolute atomic E-state index is 0.592. The monoisotopic (exact) mass is 86.1 g/mol. The van der Waals surface area contributed by atoms with Gasteiger partial charge in [-0.05, 0) is 0 Å². The zero-order chi connectivity index (χ0) is 4.83. The third-order valence-corrected chi connectivity index (χ3v) is 0.862. The molecule has 0 aromatic heterocycles. The van der Waals surface area contributed by atoms with E-state index in [1.54, 1.807) is 0 Å². The van der Waals surface area contributed by atoms with Crippen molar-refractivity contribution in [1.82, 2.24) is 0 Å². The minimum atomic E-state index is 0.592. The van der Waals surface area contributed by atoms with Crippen LogP contribution in [0.25, 0.3) is 0 Å². The molecule has 0 bridgehead atoms. The molecule has 0 amide bonds. The molecule has 0 rings (SSSR count). The standard InChI is InChI=1S/C4H9.Al/c1-3-4-2;/h1,3-4H2,2H3;/i2T;. The largest absolute Gasteiger partial charge is 0.118 e. The Labute approximate surface area is 43.4 Å². The van der Waals surface area contributed by atoms with Crippen LogP contribution in [0.15, 0.2) is 0 Å². The molecule has 0 aliphatic carbocycles. The van der Waals surface area contributed by atoms with E-state index >= 15 is 0 Å². The zero-order valence-corrected chi connectivity index (χ0v) is 4.56. The van der Waals surface area contributed by atoms with Gasteiger partial charge in [-0.25, -0.2) is 0 Å². The second kappa shape index (κ2) is 4.53. The Balaban J connectivity index is 2.34. The fraction of sp³-hybridized carbons (Fsp3) is 1.00. The summed E-state index contributed by atoms with van der Waals surface area (Å²) in [6.45, 7) is 0.592. The highest BCUT2D eigenvalue weighted by Crippen LogP contribution is 1.86. The minimum Gasteiger partial charge on any atom is -0.118 e. The van der Waals surface area contributed by atoms with Gasteiger partial charge in [0.25, 0.3) is 0 Å². The smallest absolute Gasteiger partial charge is 0.118 e. The van der Waals surface area contributed by atoms with Gasteiger partial charge < -0.3 is 0 Å². The summed E-state index contributed by atoms with van der Waals surface area (Å²) in [6.07, 6.45) is 2.25. The van der Waals surface area contributed by atoms with Crippen molar-refractivity contribution in [2.45, 2.75) is 25.0 Å². The van der Waals surface area contributed by atoms with E-state index in [0.29, 0.717) is 6.90 Å². The second-order valence-corrected chi connectivity index (χ2v) is 1.57. The third-order valence-electron chi connectivity index (χ3n) is 0.454. The van der Waals surface area contributed by atoms with Crippen LogP contribution in [-0.2, 0) is 0 Å². The van der Waals surface area contributed by atoms with Gasteiger partial charge in [-0.2, -0.15) is 0 Å². The molecule has 0 heterocycles. The third kappa shape index (κ3) is 4.53. The van der Waals surface area contributed by atoms with E-state index < -0.39 is 0 Å². The normalized spacial score (nSPS) is 10.8. The van der Waals surface area contributed by atoms with E-state index in [-0.39, 0.29) is 0 Å². The average Bonchev–Trinajstić information content (AvgIpc) is 1.61. The van der Waals surface area contributed by atoms with Gasteiger partial charge in [0.15, 0.2) is 0 Å². The number of rotatable bonds is 2. The van der Waals surface area contributed by atoms with Crippen LogP contribution in [0.1, 0.15) is 21.1 Å². The summed E-state index contributed by atoms with van der Waals surface area (Å²) < 4.78 is 6.70. The molecule has 5 heavy (non-hydrogen) atoms. The first-order valence-corrected chi connectivity index (χ1v) is 2.72. The molecule has 28 valence electrons. The fourth-order valence-electron chi connectivity index (χ4n) is 0.144. The average molecular weight is 86.1 g/mol. The first-order valence-electron chi connectivity index (χ1n) is 2.62. The van der Waals surface area contributed by atoms with Crippen LogP contribution in [0.2, 0.25) is 5.28 Å². The molecule has 0 aliphatic rings. The maximum Gasteiger partial charge on any atom is 0.118 e. The summed E-state index contributed by atoms with van der Waals surface area (Å²) >= 11 is 2.65. The second-order valence-electron chi connectivity index (χ2n) is 0.996. The Kier molecular flexibility index (Phi) is 3.37. The first-order chi connectivity index (χ1) is 2.91. The lowest BCUT2D eigenvalue weighted by molar-refractivity contribution is 0.884. The Hall–Kier alpha value is 0.532. The number of unbranched alkanes of at least 4 members (excludes halogenated alkanes) is 1. The van der Waals surface area contributed by atoms with E-state index in [1.807, 2.05) is 0 Å². The molecule has 2 radical (unpaired) electrons. The van der Waals surface area contributed by atoms with Gasteiger partial charge in [-0.1, -0.05) is 19.7 Å². The van der Waals surface area contributed by atoms with Crippen molar-refractivity contribution in [3.8, 4) is 0 Å². The molecule has 0 aliphatic heterocycles. The lowest BCUT2D eigenvalue weighted by Crippen LogP contribution is -1.63. The summed E-state index contributed by atoms with van der Waals surface area (Å²) in [5.41, 5.74) is 0. The van der Waals surface area contributed by atoms with Crippen molar-refractivity contribution in [3.05, 3.63) is 0 Å². The molecular formula is C4H9Al. The quantitative estimate of drug-likeness (QED) is 0.351. The number of hydrogen-bond donors (Lipinski definition) is 0. The molecule has 0 nitrogen and oxygen atoms in total. The van der Waals surface area contributed by atoms with Crippen molar-refractivity contribution < 1.29 is 1.37 Å². The Bertz CT molecular complexity index is 19.5. The van der Waals surface area contributed by atoms with E-state index in [2.05, 4.69) is 16.3 Å². The van der Waals surface area contributed by atoms with E-state index in [0.717, 1.165) is 11.7 Å². The van der Waals surface area contributed by atoms with Crippen LogP contribution in [0.4, 0.5) is 0 Å². The number of hydrogen-bond acceptors (Lipinski definition) is 0. The van der Waals surface area contributed by atoms with E-state index in [1.165, 1.54) is 6.42 Å². The Morgan fingerprint density at radius 2 is 2.80 bits per heavy atom. The maximum atomic E-state index is 6.70. The van der Waals surface area contributed by atoms with Crippen molar-refractivity contribution in [2.75, 3.05) is 0 Å². The Morgan fingerprint density at radius 1 is 2.00 bits per heavy atom. The summed E-state index contributed by atoms with van der Waals surface area (Å²) in [7, 11) is 0. The highest BCUT2D eigenvalue weighted by atomic mass is 27.0. The van der Waals surface area contributed by atoms with Gasteiger partial charge in [0.2, 0.25) is 0 Å². The maximum absolute atomic E-state index is 6.70. The predicted octanol–water partition coefficient (Wildman–Crippen LogP) is 1.37. The van der Waals surface area contributed by atoms with Crippen LogP contribution in [0.5, 0.6) is 0 Å². The van der Waals surface area contributed by atoms with Crippen molar-refractivity contribution in [1.29, 1.82) is 0 Å².